The summed E-state index contributed by atoms with van der Waals surface area (Å²) in [6.45, 7) is 1.64. The second-order valence-electron chi connectivity index (χ2n) is 11.4. The molecule has 11 nitrogen and oxygen atoms in total. The normalized spacial score (nSPS) is 13.8. The number of hydrogen-bond acceptors (Lipinski definition) is 7. The van der Waals surface area contributed by atoms with Crippen molar-refractivity contribution < 1.29 is 24.0 Å². The van der Waals surface area contributed by atoms with Gasteiger partial charge in [0.05, 0.1) is 16.3 Å². The number of nitro benzene ring substituents is 1. The first-order valence-electron chi connectivity index (χ1n) is 14.7. The smallest absolute Gasteiger partial charge is 0.411 e. The van der Waals surface area contributed by atoms with Crippen LogP contribution in [0.2, 0.25) is 0 Å². The SMILES string of the molecule is CN(C)CCOc1ccc2[nH]c(C(=O)N3CC(CCl)c4c3cc(NC(=O)OCc3ccc([N+](=O)[O-])cc3)c3ccccc43)cc2c1.Cl. The van der Waals surface area contributed by atoms with Crippen molar-refractivity contribution in [3.63, 3.8) is 0 Å². The monoisotopic (exact) mass is 677 g/mol. The van der Waals surface area contributed by atoms with Gasteiger partial charge in [-0.25, -0.2) is 4.79 Å². The van der Waals surface area contributed by atoms with E-state index >= 15 is 0 Å². The fourth-order valence-corrected chi connectivity index (χ4v) is 5.94. The lowest BCUT2D eigenvalue weighted by Gasteiger charge is -2.19. The number of aromatic amines is 1. The Balaban J connectivity index is 0.00000433. The predicted octanol–water partition coefficient (Wildman–Crippen LogP) is 7.32. The fourth-order valence-electron chi connectivity index (χ4n) is 5.68. The number of ether oxygens (including phenoxy) is 2. The Hall–Kier alpha value is -4.84. The maximum Gasteiger partial charge on any atom is 0.411 e. The van der Waals surface area contributed by atoms with Crippen molar-refractivity contribution in [2.75, 3.05) is 49.9 Å². The van der Waals surface area contributed by atoms with Crippen LogP contribution in [-0.4, -0.2) is 66.5 Å². The van der Waals surface area contributed by atoms with Crippen LogP contribution in [0.4, 0.5) is 21.9 Å². The highest BCUT2D eigenvalue weighted by Gasteiger charge is 2.35. The Bertz CT molecular complexity index is 1950. The zero-order chi connectivity index (χ0) is 32.4. The standard InChI is InChI=1S/C34H32ClN5O6.ClH/c1-38(2)13-14-45-25-11-12-28-22(15-25)16-30(36-28)33(41)39-19-23(18-35)32-27-6-4-3-5-26(27)29(17-31(32)39)37-34(42)46-20-21-7-9-24(10-8-21)40(43)44;/h3-12,15-17,23,36H,13-14,18-20H2,1-2H3,(H,37,42);1H. The van der Waals surface area contributed by atoms with Gasteiger partial charge < -0.3 is 24.3 Å². The number of anilines is 2. The Morgan fingerprint density at radius 2 is 1.81 bits per heavy atom. The van der Waals surface area contributed by atoms with Gasteiger partial charge in [0.1, 0.15) is 24.7 Å². The number of alkyl halides is 1. The van der Waals surface area contributed by atoms with E-state index in [0.29, 0.717) is 41.7 Å². The first kappa shape index (κ1) is 33.5. The number of carbonyl (C=O) groups is 2. The van der Waals surface area contributed by atoms with Gasteiger partial charge >= 0.3 is 6.09 Å². The van der Waals surface area contributed by atoms with Gasteiger partial charge in [-0.15, -0.1) is 24.0 Å². The van der Waals surface area contributed by atoms with Gasteiger partial charge in [-0.05, 0) is 73.1 Å². The number of fused-ring (bicyclic) bond motifs is 4. The number of rotatable bonds is 10. The van der Waals surface area contributed by atoms with Gasteiger partial charge in [0.2, 0.25) is 0 Å². The van der Waals surface area contributed by atoms with Crippen LogP contribution in [0, 0.1) is 10.1 Å². The highest BCUT2D eigenvalue weighted by Crippen LogP contribution is 2.45. The lowest BCUT2D eigenvalue weighted by atomic mass is 9.95. The van der Waals surface area contributed by atoms with Gasteiger partial charge in [0.15, 0.2) is 0 Å². The number of halogens is 2. The molecule has 0 radical (unpaired) electrons. The van der Waals surface area contributed by atoms with Gasteiger partial charge in [-0.3, -0.25) is 20.2 Å². The third-order valence-electron chi connectivity index (χ3n) is 7.98. The quantitative estimate of drug-likeness (QED) is 0.0899. The molecule has 0 saturated carbocycles. The van der Waals surface area contributed by atoms with Crippen molar-refractivity contribution >= 4 is 74.7 Å². The number of non-ortho nitro benzene ring substituents is 1. The summed E-state index contributed by atoms with van der Waals surface area (Å²) in [5.41, 5.74) is 3.87. The average molecular weight is 679 g/mol. The topological polar surface area (TPSA) is 130 Å². The number of H-pyrrole nitrogens is 1. The van der Waals surface area contributed by atoms with Gasteiger partial charge in [0.25, 0.3) is 11.6 Å². The number of aromatic nitrogens is 1. The molecule has 6 rings (SSSR count). The van der Waals surface area contributed by atoms with Crippen LogP contribution in [0.15, 0.2) is 78.9 Å². The molecular weight excluding hydrogens is 645 g/mol. The van der Waals surface area contributed by atoms with E-state index in [1.807, 2.05) is 67.5 Å². The molecule has 0 spiro atoms. The molecule has 47 heavy (non-hydrogen) atoms. The van der Waals surface area contributed by atoms with Crippen LogP contribution < -0.4 is 15.0 Å². The molecule has 2 amide bonds. The van der Waals surface area contributed by atoms with Crippen molar-refractivity contribution in [2.45, 2.75) is 12.5 Å². The highest BCUT2D eigenvalue weighted by atomic mass is 35.5. The Morgan fingerprint density at radius 1 is 1.06 bits per heavy atom. The van der Waals surface area contributed by atoms with E-state index in [1.165, 1.54) is 24.3 Å². The minimum atomic E-state index is -0.701. The highest BCUT2D eigenvalue weighted by molar-refractivity contribution is 6.20. The molecule has 0 bridgehead atoms. The first-order valence-corrected chi connectivity index (χ1v) is 15.3. The maximum absolute atomic E-state index is 14.0. The molecule has 1 unspecified atom stereocenters. The van der Waals surface area contributed by atoms with E-state index in [2.05, 4.69) is 10.3 Å². The van der Waals surface area contributed by atoms with Gasteiger partial charge in [-0.2, -0.15) is 0 Å². The lowest BCUT2D eigenvalue weighted by Crippen LogP contribution is -2.30. The third kappa shape index (κ3) is 7.12. The molecule has 1 aromatic heterocycles. The molecule has 1 atom stereocenters. The van der Waals surface area contributed by atoms with Crippen molar-refractivity contribution in [1.82, 2.24) is 9.88 Å². The predicted molar refractivity (Wildman–Crippen MR) is 186 cm³/mol. The van der Waals surface area contributed by atoms with Crippen molar-refractivity contribution in [3.05, 3.63) is 106 Å². The largest absolute Gasteiger partial charge is 0.492 e. The third-order valence-corrected chi connectivity index (χ3v) is 8.35. The van der Waals surface area contributed by atoms with Crippen molar-refractivity contribution in [1.29, 1.82) is 0 Å². The summed E-state index contributed by atoms with van der Waals surface area (Å²) in [4.78, 5) is 44.4. The molecule has 2 heterocycles. The molecule has 4 aromatic carbocycles. The molecule has 2 N–H and O–H groups in total. The van der Waals surface area contributed by atoms with Crippen molar-refractivity contribution in [3.8, 4) is 5.75 Å². The van der Waals surface area contributed by atoms with Crippen LogP contribution in [0.5, 0.6) is 5.75 Å². The van der Waals surface area contributed by atoms with Crippen LogP contribution in [-0.2, 0) is 11.3 Å². The summed E-state index contributed by atoms with van der Waals surface area (Å²) < 4.78 is 11.3. The van der Waals surface area contributed by atoms with Crippen molar-refractivity contribution in [2.24, 2.45) is 0 Å². The molecule has 1 aliphatic heterocycles. The minimum Gasteiger partial charge on any atom is -0.492 e. The molecule has 244 valence electrons. The molecule has 13 heteroatoms. The molecule has 0 saturated heterocycles. The van der Waals surface area contributed by atoms with E-state index in [-0.39, 0.29) is 36.5 Å². The number of nitrogens with zero attached hydrogens (tertiary/aromatic N) is 3. The summed E-state index contributed by atoms with van der Waals surface area (Å²) in [5, 5.41) is 16.3. The van der Waals surface area contributed by atoms with E-state index in [1.54, 1.807) is 11.0 Å². The van der Waals surface area contributed by atoms with Gasteiger partial charge in [-0.1, -0.05) is 24.3 Å². The summed E-state index contributed by atoms with van der Waals surface area (Å²) in [7, 11) is 3.97. The second-order valence-corrected chi connectivity index (χ2v) is 11.7. The second kappa shape index (κ2) is 14.3. The number of hydrogen-bond donors (Lipinski definition) is 2. The number of nitro groups is 1. The van der Waals surface area contributed by atoms with Crippen LogP contribution in [0.1, 0.15) is 27.5 Å². The van der Waals surface area contributed by atoms with Crippen LogP contribution in [0.3, 0.4) is 0 Å². The minimum absolute atomic E-state index is 0. The number of amides is 2. The fraction of sp³-hybridized carbons (Fsp3) is 0.235. The Morgan fingerprint density at radius 3 is 2.51 bits per heavy atom. The lowest BCUT2D eigenvalue weighted by molar-refractivity contribution is -0.384. The summed E-state index contributed by atoms with van der Waals surface area (Å²) in [6, 6.07) is 22.7. The number of nitrogens with one attached hydrogen (secondary N) is 2. The summed E-state index contributed by atoms with van der Waals surface area (Å²) in [5.74, 6) is 0.700. The number of benzene rings is 4. The van der Waals surface area contributed by atoms with E-state index in [0.717, 1.165) is 39.5 Å². The molecule has 1 aliphatic rings. The summed E-state index contributed by atoms with van der Waals surface area (Å²) >= 11 is 6.46. The summed E-state index contributed by atoms with van der Waals surface area (Å²) in [6.07, 6.45) is -0.701. The molecule has 5 aromatic rings. The first-order chi connectivity index (χ1) is 22.2. The van der Waals surface area contributed by atoms with E-state index in [4.69, 9.17) is 21.1 Å². The zero-order valence-corrected chi connectivity index (χ0v) is 27.3. The Kier molecular flexibility index (Phi) is 10.2. The zero-order valence-electron chi connectivity index (χ0n) is 25.7. The van der Waals surface area contributed by atoms with E-state index < -0.39 is 11.0 Å². The number of likely N-dealkylation sites (N-methyl/N-ethyl adjacent to an activating group) is 1. The molecular formula is C34H33Cl2N5O6. The maximum atomic E-state index is 14.0. The Labute approximate surface area is 281 Å². The van der Waals surface area contributed by atoms with E-state index in [9.17, 15) is 19.7 Å². The average Bonchev–Trinajstić information content (AvgIpc) is 3.65. The van der Waals surface area contributed by atoms with Crippen LogP contribution >= 0.6 is 24.0 Å². The molecule has 0 fully saturated rings. The van der Waals surface area contributed by atoms with Crippen LogP contribution in [0.25, 0.3) is 21.7 Å². The molecule has 0 aliphatic carbocycles. The van der Waals surface area contributed by atoms with Gasteiger partial charge in [0, 0.05) is 53.3 Å². The number of carbonyl (C=O) groups excluding carboxylic acids is 2.